The highest BCUT2D eigenvalue weighted by Gasteiger charge is 2.21. The maximum atomic E-state index is 13.7. The van der Waals surface area contributed by atoms with E-state index in [2.05, 4.69) is 4.98 Å². The van der Waals surface area contributed by atoms with E-state index in [-0.39, 0.29) is 6.54 Å². The lowest BCUT2D eigenvalue weighted by atomic mass is 10.1. The van der Waals surface area contributed by atoms with Crippen molar-refractivity contribution in [3.8, 4) is 0 Å². The summed E-state index contributed by atoms with van der Waals surface area (Å²) in [5.41, 5.74) is 0.312. The second-order valence-corrected chi connectivity index (χ2v) is 5.95. The molecule has 3 rings (SSSR count). The zero-order chi connectivity index (χ0) is 15.7. The summed E-state index contributed by atoms with van der Waals surface area (Å²) in [6.07, 6.45) is 0. The Morgan fingerprint density at radius 2 is 1.82 bits per heavy atom. The Labute approximate surface area is 129 Å². The topological polar surface area (TPSA) is 33.2 Å². The van der Waals surface area contributed by atoms with E-state index in [0.717, 1.165) is 22.3 Å². The van der Waals surface area contributed by atoms with Crippen molar-refractivity contribution in [3.63, 3.8) is 0 Å². The Balaban J connectivity index is 1.84. The first kappa shape index (κ1) is 14.6. The van der Waals surface area contributed by atoms with Crippen LogP contribution in [-0.4, -0.2) is 22.8 Å². The predicted molar refractivity (Wildman–Crippen MR) is 81.8 cm³/mol. The van der Waals surface area contributed by atoms with Gasteiger partial charge in [0, 0.05) is 7.05 Å². The fraction of sp³-hybridized carbons (Fsp3) is 0.125. The van der Waals surface area contributed by atoms with Crippen LogP contribution in [0.25, 0.3) is 10.2 Å². The molecule has 1 aromatic heterocycles. The normalized spacial score (nSPS) is 10.9. The highest BCUT2D eigenvalue weighted by molar-refractivity contribution is 7.18. The van der Waals surface area contributed by atoms with E-state index in [1.165, 1.54) is 29.4 Å². The summed E-state index contributed by atoms with van der Waals surface area (Å²) in [6, 6.07) is 11.0. The highest BCUT2D eigenvalue weighted by Crippen LogP contribution is 2.23. The van der Waals surface area contributed by atoms with E-state index in [1.54, 1.807) is 0 Å². The quantitative estimate of drug-likeness (QED) is 0.735. The van der Waals surface area contributed by atoms with Crippen molar-refractivity contribution in [2.45, 2.75) is 6.54 Å². The molecule has 2 aromatic carbocycles. The van der Waals surface area contributed by atoms with Crippen LogP contribution in [0.5, 0.6) is 0 Å². The molecule has 1 heterocycles. The first-order chi connectivity index (χ1) is 10.6. The minimum absolute atomic E-state index is 0.200. The Bertz CT molecular complexity index is 794. The van der Waals surface area contributed by atoms with E-state index < -0.39 is 23.1 Å². The molecule has 0 aliphatic heterocycles. The van der Waals surface area contributed by atoms with E-state index in [0.29, 0.717) is 5.01 Å². The Morgan fingerprint density at radius 3 is 2.50 bits per heavy atom. The highest BCUT2D eigenvalue weighted by atomic mass is 32.1. The molecule has 0 saturated heterocycles. The summed E-state index contributed by atoms with van der Waals surface area (Å²) < 4.78 is 28.3. The number of hydrogen-bond donors (Lipinski definition) is 0. The molecule has 0 spiro atoms. The molecule has 0 N–H and O–H groups in total. The summed E-state index contributed by atoms with van der Waals surface area (Å²) in [6.45, 7) is 0.200. The third-order valence-corrected chi connectivity index (χ3v) is 4.26. The summed E-state index contributed by atoms with van der Waals surface area (Å²) in [5, 5.41) is 0.716. The maximum absolute atomic E-state index is 13.7. The number of hydrogen-bond acceptors (Lipinski definition) is 3. The lowest BCUT2D eigenvalue weighted by Gasteiger charge is -2.16. The van der Waals surface area contributed by atoms with Crippen molar-refractivity contribution in [2.75, 3.05) is 7.05 Å². The fourth-order valence-corrected chi connectivity index (χ4v) is 3.18. The number of thiazole rings is 1. The molecule has 0 radical (unpaired) electrons. The molecule has 22 heavy (non-hydrogen) atoms. The average molecular weight is 318 g/mol. The molecule has 0 unspecified atom stereocenters. The van der Waals surface area contributed by atoms with Gasteiger partial charge in [0.1, 0.15) is 22.2 Å². The Hall–Kier alpha value is -2.34. The molecule has 0 atom stereocenters. The lowest BCUT2D eigenvalue weighted by Crippen LogP contribution is -2.28. The average Bonchev–Trinajstić information content (AvgIpc) is 2.89. The number of halogens is 2. The summed E-state index contributed by atoms with van der Waals surface area (Å²) >= 11 is 1.45. The van der Waals surface area contributed by atoms with Gasteiger partial charge < -0.3 is 4.90 Å². The van der Waals surface area contributed by atoms with Gasteiger partial charge in [-0.25, -0.2) is 13.8 Å². The maximum Gasteiger partial charge on any atom is 0.259 e. The lowest BCUT2D eigenvalue weighted by molar-refractivity contribution is 0.0775. The van der Waals surface area contributed by atoms with Gasteiger partial charge in [0.2, 0.25) is 0 Å². The monoisotopic (exact) mass is 318 g/mol. The van der Waals surface area contributed by atoms with Crippen LogP contribution in [-0.2, 0) is 6.54 Å². The molecule has 1 amide bonds. The van der Waals surface area contributed by atoms with E-state index in [9.17, 15) is 13.6 Å². The van der Waals surface area contributed by atoms with Crippen LogP contribution < -0.4 is 0 Å². The zero-order valence-corrected chi connectivity index (χ0v) is 12.5. The van der Waals surface area contributed by atoms with Gasteiger partial charge in [-0.1, -0.05) is 18.2 Å². The van der Waals surface area contributed by atoms with Crippen molar-refractivity contribution in [1.29, 1.82) is 0 Å². The third kappa shape index (κ3) is 2.69. The van der Waals surface area contributed by atoms with Gasteiger partial charge in [-0.2, -0.15) is 0 Å². The predicted octanol–water partition coefficient (Wildman–Crippen LogP) is 3.85. The second-order valence-electron chi connectivity index (χ2n) is 4.83. The molecular weight excluding hydrogens is 306 g/mol. The van der Waals surface area contributed by atoms with Crippen LogP contribution in [0.15, 0.2) is 42.5 Å². The minimum atomic E-state index is -0.860. The molecule has 0 fully saturated rings. The summed E-state index contributed by atoms with van der Waals surface area (Å²) in [4.78, 5) is 17.9. The second kappa shape index (κ2) is 5.81. The standard InChI is InChI=1S/C16H12F2N2OS/c1-20(16(21)15-10(17)5-4-6-11(15)18)9-14-19-12-7-2-3-8-13(12)22-14/h2-8H,9H2,1H3. The number of amides is 1. The van der Waals surface area contributed by atoms with Crippen LogP contribution >= 0.6 is 11.3 Å². The van der Waals surface area contributed by atoms with Crippen molar-refractivity contribution >= 4 is 27.5 Å². The number of fused-ring (bicyclic) bond motifs is 1. The molecular formula is C16H12F2N2OS. The van der Waals surface area contributed by atoms with Crippen molar-refractivity contribution in [3.05, 3.63) is 64.7 Å². The van der Waals surface area contributed by atoms with Crippen molar-refractivity contribution < 1.29 is 13.6 Å². The van der Waals surface area contributed by atoms with E-state index >= 15 is 0 Å². The van der Waals surface area contributed by atoms with E-state index in [1.807, 2.05) is 24.3 Å². The molecule has 3 aromatic rings. The van der Waals surface area contributed by atoms with Crippen LogP contribution in [0, 0.1) is 11.6 Å². The van der Waals surface area contributed by atoms with Gasteiger partial charge in [-0.3, -0.25) is 4.79 Å². The Morgan fingerprint density at radius 1 is 1.14 bits per heavy atom. The molecule has 0 bridgehead atoms. The SMILES string of the molecule is CN(Cc1nc2ccccc2s1)C(=O)c1c(F)cccc1F. The van der Waals surface area contributed by atoms with Crippen LogP contribution in [0.3, 0.4) is 0 Å². The molecule has 112 valence electrons. The van der Waals surface area contributed by atoms with E-state index in [4.69, 9.17) is 0 Å². The summed E-state index contributed by atoms with van der Waals surface area (Å²) in [7, 11) is 1.50. The number of para-hydroxylation sites is 1. The molecule has 0 saturated carbocycles. The van der Waals surface area contributed by atoms with Crippen LogP contribution in [0.2, 0.25) is 0 Å². The molecule has 0 aliphatic carbocycles. The smallest absolute Gasteiger partial charge is 0.259 e. The van der Waals surface area contributed by atoms with Crippen LogP contribution in [0.1, 0.15) is 15.4 Å². The first-order valence-corrected chi connectivity index (χ1v) is 7.42. The number of rotatable bonds is 3. The van der Waals surface area contributed by atoms with Crippen LogP contribution in [0.4, 0.5) is 8.78 Å². The minimum Gasteiger partial charge on any atom is -0.335 e. The Kier molecular flexibility index (Phi) is 3.85. The first-order valence-electron chi connectivity index (χ1n) is 6.60. The zero-order valence-electron chi connectivity index (χ0n) is 11.7. The largest absolute Gasteiger partial charge is 0.335 e. The fourth-order valence-electron chi connectivity index (χ4n) is 2.16. The molecule has 3 nitrogen and oxygen atoms in total. The van der Waals surface area contributed by atoms with Gasteiger partial charge in [0.15, 0.2) is 0 Å². The summed E-state index contributed by atoms with van der Waals surface area (Å²) in [5.74, 6) is -2.42. The van der Waals surface area contributed by atoms with Gasteiger partial charge in [-0.15, -0.1) is 11.3 Å². The van der Waals surface area contributed by atoms with Gasteiger partial charge >= 0.3 is 0 Å². The number of aromatic nitrogens is 1. The number of benzene rings is 2. The number of carbonyl (C=O) groups excluding carboxylic acids is 1. The van der Waals surface area contributed by atoms with Gasteiger partial charge in [0.25, 0.3) is 5.91 Å². The number of nitrogens with zero attached hydrogens (tertiary/aromatic N) is 2. The number of carbonyl (C=O) groups is 1. The van der Waals surface area contributed by atoms with Crippen molar-refractivity contribution in [2.24, 2.45) is 0 Å². The third-order valence-electron chi connectivity index (χ3n) is 3.23. The van der Waals surface area contributed by atoms with Gasteiger partial charge in [0.05, 0.1) is 16.8 Å². The molecule has 0 aliphatic rings. The van der Waals surface area contributed by atoms with Crippen molar-refractivity contribution in [1.82, 2.24) is 9.88 Å². The van der Waals surface area contributed by atoms with Gasteiger partial charge in [-0.05, 0) is 24.3 Å². The molecule has 6 heteroatoms.